The van der Waals surface area contributed by atoms with E-state index in [1.807, 2.05) is 0 Å². The number of rotatable bonds is 10. The lowest BCUT2D eigenvalue weighted by Crippen LogP contribution is -2.10. The normalized spacial score (nSPS) is 14.4. The first-order valence-electron chi connectivity index (χ1n) is 25.9. The van der Waals surface area contributed by atoms with Crippen molar-refractivity contribution in [3.63, 3.8) is 0 Å². The van der Waals surface area contributed by atoms with Crippen LogP contribution in [-0.2, 0) is 0 Å². The Morgan fingerprint density at radius 3 is 1.81 bits per heavy atom. The van der Waals surface area contributed by atoms with E-state index in [2.05, 4.69) is 296 Å². The molecule has 0 N–H and O–H groups in total. The molecule has 2 heteroatoms. The highest BCUT2D eigenvalue weighted by Crippen LogP contribution is 2.45. The molecule has 0 amide bonds. The van der Waals surface area contributed by atoms with Gasteiger partial charge in [0.2, 0.25) is 0 Å². The first-order chi connectivity index (χ1) is 36.6. The van der Waals surface area contributed by atoms with E-state index >= 15 is 0 Å². The Bertz CT molecular complexity index is 4030. The Labute approximate surface area is 434 Å². The minimum atomic E-state index is 0.519. The monoisotopic (exact) mass is 946 g/mol. The van der Waals surface area contributed by atoms with E-state index < -0.39 is 0 Å². The highest BCUT2D eigenvalue weighted by Gasteiger charge is 2.22. The fourth-order valence-electron chi connectivity index (χ4n) is 11.3. The van der Waals surface area contributed by atoms with Crippen molar-refractivity contribution in [2.75, 3.05) is 4.90 Å². The van der Waals surface area contributed by atoms with Gasteiger partial charge in [-0.25, -0.2) is 0 Å². The predicted octanol–water partition coefficient (Wildman–Crippen LogP) is 19.8. The number of aromatic nitrogens is 1. The second kappa shape index (κ2) is 19.4. The molecule has 1 unspecified atom stereocenters. The van der Waals surface area contributed by atoms with E-state index in [1.54, 1.807) is 0 Å². The number of anilines is 3. The van der Waals surface area contributed by atoms with Gasteiger partial charge >= 0.3 is 0 Å². The van der Waals surface area contributed by atoms with Crippen molar-refractivity contribution in [1.29, 1.82) is 0 Å². The van der Waals surface area contributed by atoms with Crippen molar-refractivity contribution in [3.05, 3.63) is 296 Å². The van der Waals surface area contributed by atoms with E-state index in [-0.39, 0.29) is 0 Å². The summed E-state index contributed by atoms with van der Waals surface area (Å²) < 4.78 is 2.46. The van der Waals surface area contributed by atoms with Crippen LogP contribution in [0.5, 0.6) is 0 Å². The van der Waals surface area contributed by atoms with Gasteiger partial charge in [0.1, 0.15) is 0 Å². The van der Waals surface area contributed by atoms with Gasteiger partial charge in [-0.3, -0.25) is 0 Å². The number of nitrogens with zero attached hydrogens (tertiary/aromatic N) is 2. The van der Waals surface area contributed by atoms with Gasteiger partial charge in [0.05, 0.1) is 11.0 Å². The van der Waals surface area contributed by atoms with E-state index in [4.69, 9.17) is 0 Å². The molecule has 1 atom stereocenters. The number of benzene rings is 10. The maximum Gasteiger partial charge on any atom is 0.0553 e. The average molecular weight is 947 g/mol. The minimum absolute atomic E-state index is 0.519. The van der Waals surface area contributed by atoms with Gasteiger partial charge < -0.3 is 9.47 Å². The van der Waals surface area contributed by atoms with Crippen LogP contribution in [0.4, 0.5) is 17.1 Å². The summed E-state index contributed by atoms with van der Waals surface area (Å²) in [5.41, 5.74) is 21.5. The van der Waals surface area contributed by atoms with Gasteiger partial charge in [0.15, 0.2) is 0 Å². The molecule has 0 saturated heterocycles. The zero-order valence-electron chi connectivity index (χ0n) is 41.4. The Hall–Kier alpha value is -9.24. The molecule has 0 radical (unpaired) electrons. The third kappa shape index (κ3) is 8.51. The van der Waals surface area contributed by atoms with E-state index in [9.17, 15) is 0 Å². The molecule has 74 heavy (non-hydrogen) atoms. The second-order valence-corrected chi connectivity index (χ2v) is 19.7. The molecule has 11 aromatic rings. The van der Waals surface area contributed by atoms with Crippen LogP contribution in [0.2, 0.25) is 0 Å². The summed E-state index contributed by atoms with van der Waals surface area (Å²) in [6, 6.07) is 87.0. The number of fused-ring (bicyclic) bond motifs is 4. The Balaban J connectivity index is 0.958. The maximum absolute atomic E-state index is 2.46. The quantitative estimate of drug-likeness (QED) is 0.133. The predicted molar refractivity (Wildman–Crippen MR) is 316 cm³/mol. The van der Waals surface area contributed by atoms with Crippen LogP contribution in [0.25, 0.3) is 88.4 Å². The molecule has 13 rings (SSSR count). The van der Waals surface area contributed by atoms with Gasteiger partial charge in [-0.05, 0) is 163 Å². The summed E-state index contributed by atoms with van der Waals surface area (Å²) in [7, 11) is 0. The number of hydrogen-bond acceptors (Lipinski definition) is 1. The summed E-state index contributed by atoms with van der Waals surface area (Å²) in [5.74, 6) is 0.519. The molecule has 1 heterocycles. The van der Waals surface area contributed by atoms with Crippen molar-refractivity contribution >= 4 is 66.4 Å². The molecule has 0 aliphatic heterocycles. The standard InChI is InChI=1S/C72H54N2/c1-50-17-13-26-58(45-50)55-37-42-64(43-38-55)73(63-40-35-54(36-41-63)53-23-14-24-57(34-33-53)67-32-16-25-56-22-11-12-31-66(56)67)65-30-15-27-60(46-65)69-47-61(52-20-7-3-8-21-52)49-71-72(69)68-44-39-59(51-18-5-2-6-19-51)48-70(68)74(71)62-28-9-4-10-29-62/h2-23,25-44,46-50H,24,45H2,1H3. The van der Waals surface area contributed by atoms with Crippen LogP contribution in [0.1, 0.15) is 36.5 Å². The third-order valence-corrected chi connectivity index (χ3v) is 15.0. The molecule has 0 bridgehead atoms. The van der Waals surface area contributed by atoms with E-state index in [0.29, 0.717) is 5.92 Å². The Morgan fingerprint density at radius 1 is 0.419 bits per heavy atom. The number of para-hydroxylation sites is 1. The molecule has 2 aliphatic rings. The fourth-order valence-corrected chi connectivity index (χ4v) is 11.3. The molecule has 2 nitrogen and oxygen atoms in total. The van der Waals surface area contributed by atoms with Crippen molar-refractivity contribution < 1.29 is 0 Å². The molecule has 1 aromatic heterocycles. The highest BCUT2D eigenvalue weighted by atomic mass is 15.1. The molecular formula is C72H54N2. The van der Waals surface area contributed by atoms with E-state index in [1.165, 1.54) is 93.8 Å². The summed E-state index contributed by atoms with van der Waals surface area (Å²) in [6.45, 7) is 2.29. The molecule has 10 aromatic carbocycles. The SMILES string of the molecule is CC1C=CC=C(c2ccc(N(c3ccc(C4=CC=C(c5cccc6ccccc56)CC=C4)cc3)c3cccc(-c4cc(-c5ccccc5)cc5c4c4ccc(-c6ccccc6)cc4n5-c4ccccc4)c3)cc2)C1. The van der Waals surface area contributed by atoms with Gasteiger partial charge in [-0.2, -0.15) is 0 Å². The largest absolute Gasteiger partial charge is 0.310 e. The lowest BCUT2D eigenvalue weighted by atomic mass is 9.91. The molecule has 2 aliphatic carbocycles. The zero-order chi connectivity index (χ0) is 49.4. The fraction of sp³-hybridized carbons (Fsp3) is 0.0556. The van der Waals surface area contributed by atoms with Crippen LogP contribution in [-0.4, -0.2) is 4.57 Å². The first kappa shape index (κ1) is 44.7. The number of allylic oxidation sites excluding steroid dienone is 10. The second-order valence-electron chi connectivity index (χ2n) is 19.7. The van der Waals surface area contributed by atoms with Gasteiger partial charge in [0.25, 0.3) is 0 Å². The zero-order valence-corrected chi connectivity index (χ0v) is 41.4. The Kier molecular flexibility index (Phi) is 11.7. The molecular weight excluding hydrogens is 893 g/mol. The maximum atomic E-state index is 2.46. The molecule has 0 spiro atoms. The van der Waals surface area contributed by atoms with E-state index in [0.717, 1.165) is 41.2 Å². The van der Waals surface area contributed by atoms with Crippen LogP contribution in [0.15, 0.2) is 279 Å². The Morgan fingerprint density at radius 2 is 1.05 bits per heavy atom. The molecule has 0 fully saturated rings. The topological polar surface area (TPSA) is 8.17 Å². The van der Waals surface area contributed by atoms with Crippen LogP contribution in [0, 0.1) is 5.92 Å². The van der Waals surface area contributed by atoms with Crippen LogP contribution >= 0.6 is 0 Å². The van der Waals surface area contributed by atoms with Crippen molar-refractivity contribution in [2.24, 2.45) is 5.92 Å². The molecule has 352 valence electrons. The van der Waals surface area contributed by atoms with Crippen molar-refractivity contribution in [2.45, 2.75) is 19.8 Å². The van der Waals surface area contributed by atoms with Crippen molar-refractivity contribution in [3.8, 4) is 39.1 Å². The van der Waals surface area contributed by atoms with Gasteiger partial charge in [0, 0.05) is 33.5 Å². The summed E-state index contributed by atoms with van der Waals surface area (Å²) in [6.07, 6.45) is 17.9. The minimum Gasteiger partial charge on any atom is -0.310 e. The number of hydrogen-bond donors (Lipinski definition) is 0. The third-order valence-electron chi connectivity index (χ3n) is 15.0. The summed E-state index contributed by atoms with van der Waals surface area (Å²) in [4.78, 5) is 2.42. The van der Waals surface area contributed by atoms with Crippen molar-refractivity contribution in [1.82, 2.24) is 4.57 Å². The average Bonchev–Trinajstić information content (AvgIpc) is 3.61. The summed E-state index contributed by atoms with van der Waals surface area (Å²) in [5, 5.41) is 5.00. The lowest BCUT2D eigenvalue weighted by Gasteiger charge is -2.27. The van der Waals surface area contributed by atoms with Crippen LogP contribution < -0.4 is 4.90 Å². The smallest absolute Gasteiger partial charge is 0.0553 e. The highest BCUT2D eigenvalue weighted by molar-refractivity contribution is 6.17. The van der Waals surface area contributed by atoms with Crippen LogP contribution in [0.3, 0.4) is 0 Å². The lowest BCUT2D eigenvalue weighted by molar-refractivity contribution is 0.749. The van der Waals surface area contributed by atoms with Gasteiger partial charge in [-0.1, -0.05) is 219 Å². The van der Waals surface area contributed by atoms with Gasteiger partial charge in [-0.15, -0.1) is 0 Å². The first-order valence-corrected chi connectivity index (χ1v) is 25.9. The molecule has 0 saturated carbocycles. The summed E-state index contributed by atoms with van der Waals surface area (Å²) >= 11 is 0.